The average molecular weight is 454 g/mol. The van der Waals surface area contributed by atoms with E-state index in [-0.39, 0.29) is 44.7 Å². The topological polar surface area (TPSA) is 121 Å². The molecule has 1 rings (SSSR count). The fourth-order valence-corrected chi connectivity index (χ4v) is 3.83. The zero-order valence-electron chi connectivity index (χ0n) is 17.0. The Morgan fingerprint density at radius 3 is 2.10 bits per heavy atom. The van der Waals surface area contributed by atoms with Crippen molar-refractivity contribution in [3.05, 3.63) is 30.3 Å². The molecule has 0 amide bonds. The van der Waals surface area contributed by atoms with Crippen molar-refractivity contribution in [2.24, 2.45) is 5.92 Å². The highest BCUT2D eigenvalue weighted by atomic mass is 31.2. The largest absolute Gasteiger partial charge is 0.527 e. The summed E-state index contributed by atoms with van der Waals surface area (Å²) in [5.41, 5.74) is 0. The number of hydrogen-bond acceptors (Lipinski definition) is 7. The van der Waals surface area contributed by atoms with Gasteiger partial charge in [0.1, 0.15) is 5.75 Å². The van der Waals surface area contributed by atoms with Crippen LogP contribution in [0.5, 0.6) is 5.75 Å². The van der Waals surface area contributed by atoms with Crippen molar-refractivity contribution >= 4 is 15.6 Å². The van der Waals surface area contributed by atoms with Crippen molar-refractivity contribution < 1.29 is 41.7 Å². The Kier molecular flexibility index (Phi) is 12.9. The number of unbranched alkanes of at least 4 members (excludes halogenated alkanes) is 1. The third-order valence-electron chi connectivity index (χ3n) is 3.94. The summed E-state index contributed by atoms with van der Waals surface area (Å²) in [5, 5.41) is 0. The Morgan fingerprint density at radius 1 is 0.897 bits per heavy atom. The molecule has 3 unspecified atom stereocenters. The van der Waals surface area contributed by atoms with E-state index < -0.39 is 15.6 Å². The second-order valence-corrected chi connectivity index (χ2v) is 9.16. The van der Waals surface area contributed by atoms with Gasteiger partial charge in [0.25, 0.3) is 0 Å². The summed E-state index contributed by atoms with van der Waals surface area (Å²) in [6, 6.07) is 8.13. The maximum absolute atomic E-state index is 11.8. The maximum atomic E-state index is 11.8. The van der Waals surface area contributed by atoms with Gasteiger partial charge in [-0.25, -0.2) is 9.13 Å². The van der Waals surface area contributed by atoms with Crippen molar-refractivity contribution in [2.45, 2.75) is 39.5 Å². The Labute approximate surface area is 172 Å². The molecule has 1 aromatic rings. The second kappa shape index (κ2) is 14.3. The summed E-state index contributed by atoms with van der Waals surface area (Å²) in [6.07, 6.45) is 3.92. The monoisotopic (exact) mass is 454 g/mol. The van der Waals surface area contributed by atoms with Crippen LogP contribution in [-0.2, 0) is 27.4 Å². The van der Waals surface area contributed by atoms with Gasteiger partial charge in [-0.05, 0) is 24.5 Å². The molecule has 2 N–H and O–H groups in total. The van der Waals surface area contributed by atoms with Crippen molar-refractivity contribution in [1.82, 2.24) is 0 Å². The highest BCUT2D eigenvalue weighted by Crippen LogP contribution is 2.44. The number of para-hydroxylation sites is 1. The molecule has 0 radical (unpaired) electrons. The molecule has 0 fully saturated rings. The van der Waals surface area contributed by atoms with Crippen LogP contribution in [0.4, 0.5) is 0 Å². The predicted octanol–water partition coefficient (Wildman–Crippen LogP) is 4.55. The number of phosphoric ester groups is 2. The zero-order valence-corrected chi connectivity index (χ0v) is 18.8. The molecule has 0 aliphatic rings. The minimum atomic E-state index is -4.24. The van der Waals surface area contributed by atoms with Gasteiger partial charge < -0.3 is 14.2 Å². The van der Waals surface area contributed by atoms with Gasteiger partial charge in [0.15, 0.2) is 0 Å². The summed E-state index contributed by atoms with van der Waals surface area (Å²) >= 11 is 0. The van der Waals surface area contributed by atoms with Crippen molar-refractivity contribution in [2.75, 3.05) is 33.0 Å². The van der Waals surface area contributed by atoms with Gasteiger partial charge in [-0.2, -0.15) is 0 Å². The van der Waals surface area contributed by atoms with E-state index in [4.69, 9.17) is 22.8 Å². The van der Waals surface area contributed by atoms with Crippen molar-refractivity contribution in [1.29, 1.82) is 0 Å². The molecule has 3 atom stereocenters. The molecule has 0 heterocycles. The van der Waals surface area contributed by atoms with Crippen LogP contribution >= 0.6 is 15.6 Å². The molecule has 0 spiro atoms. The van der Waals surface area contributed by atoms with E-state index >= 15 is 0 Å². The fourth-order valence-electron chi connectivity index (χ4n) is 2.30. The molecule has 1 aromatic carbocycles. The first-order chi connectivity index (χ1) is 13.8. The van der Waals surface area contributed by atoms with E-state index in [0.29, 0.717) is 0 Å². The van der Waals surface area contributed by atoms with Crippen LogP contribution in [0.2, 0.25) is 0 Å². The molecule has 0 aliphatic carbocycles. The highest BCUT2D eigenvalue weighted by Gasteiger charge is 2.24. The van der Waals surface area contributed by atoms with Gasteiger partial charge in [-0.1, -0.05) is 51.3 Å². The second-order valence-electron chi connectivity index (χ2n) is 6.33. The number of ether oxygens (including phenoxy) is 1. The van der Waals surface area contributed by atoms with Gasteiger partial charge in [0, 0.05) is 0 Å². The van der Waals surface area contributed by atoms with E-state index in [1.165, 1.54) is 12.1 Å². The Bertz CT molecular complexity index is 641. The van der Waals surface area contributed by atoms with Crippen molar-refractivity contribution in [3.8, 4) is 5.75 Å². The van der Waals surface area contributed by atoms with Crippen LogP contribution in [0.1, 0.15) is 39.5 Å². The Hall–Kier alpha value is -0.760. The third kappa shape index (κ3) is 13.2. The Morgan fingerprint density at radius 2 is 1.52 bits per heavy atom. The lowest BCUT2D eigenvalue weighted by Gasteiger charge is -2.17. The van der Waals surface area contributed by atoms with E-state index in [1.54, 1.807) is 18.2 Å². The van der Waals surface area contributed by atoms with E-state index in [2.05, 4.69) is 6.92 Å². The summed E-state index contributed by atoms with van der Waals surface area (Å²) < 4.78 is 48.3. The van der Waals surface area contributed by atoms with Gasteiger partial charge in [-0.3, -0.25) is 18.5 Å². The quantitative estimate of drug-likeness (QED) is 0.258. The molecule has 0 saturated heterocycles. The van der Waals surface area contributed by atoms with Crippen LogP contribution in [0, 0.1) is 5.92 Å². The fraction of sp³-hybridized carbons (Fsp3) is 0.667. The number of phosphoric acid groups is 2. The molecule has 29 heavy (non-hydrogen) atoms. The lowest BCUT2D eigenvalue weighted by molar-refractivity contribution is 0.0529. The molecule has 0 saturated carbocycles. The van der Waals surface area contributed by atoms with E-state index in [9.17, 15) is 18.9 Å². The average Bonchev–Trinajstić information content (AvgIpc) is 2.67. The molecule has 168 valence electrons. The first kappa shape index (κ1) is 26.3. The zero-order chi connectivity index (χ0) is 21.6. The summed E-state index contributed by atoms with van der Waals surface area (Å²) in [6.45, 7) is 3.91. The number of rotatable bonds is 17. The lowest BCUT2D eigenvalue weighted by Crippen LogP contribution is -2.11. The molecular weight excluding hydrogens is 422 g/mol. The molecule has 11 heteroatoms. The lowest BCUT2D eigenvalue weighted by atomic mass is 10.0. The third-order valence-corrected chi connectivity index (χ3v) is 5.88. The maximum Gasteiger partial charge on any atom is 0.527 e. The SMILES string of the molecule is CCCCC(CC)COP(=O)(O)OCCOCCOP(=O)(O)Oc1ccccc1. The van der Waals surface area contributed by atoms with Crippen molar-refractivity contribution in [3.63, 3.8) is 0 Å². The highest BCUT2D eigenvalue weighted by molar-refractivity contribution is 7.48. The first-order valence-corrected chi connectivity index (χ1v) is 12.7. The molecule has 0 aliphatic heterocycles. The summed E-state index contributed by atoms with van der Waals surface area (Å²) in [4.78, 5) is 19.3. The molecular formula is C18H32O9P2. The summed E-state index contributed by atoms with van der Waals surface area (Å²) in [7, 11) is -8.37. The summed E-state index contributed by atoms with van der Waals surface area (Å²) in [5.74, 6) is 0.436. The molecule has 9 nitrogen and oxygen atoms in total. The number of benzene rings is 1. The smallest absolute Gasteiger partial charge is 0.404 e. The van der Waals surface area contributed by atoms with Crippen LogP contribution in [0.15, 0.2) is 30.3 Å². The minimum Gasteiger partial charge on any atom is -0.404 e. The predicted molar refractivity (Wildman–Crippen MR) is 109 cm³/mol. The Balaban J connectivity index is 2.13. The van der Waals surface area contributed by atoms with E-state index in [0.717, 1.165) is 25.7 Å². The van der Waals surface area contributed by atoms with Gasteiger partial charge >= 0.3 is 15.6 Å². The molecule has 0 aromatic heterocycles. The van der Waals surface area contributed by atoms with Gasteiger partial charge in [0.05, 0.1) is 33.0 Å². The van der Waals surface area contributed by atoms with Gasteiger partial charge in [-0.15, -0.1) is 0 Å². The first-order valence-electron chi connectivity index (χ1n) is 9.69. The van der Waals surface area contributed by atoms with Crippen LogP contribution in [0.3, 0.4) is 0 Å². The normalized spacial score (nSPS) is 16.7. The standard InChI is InChI=1S/C18H32O9P2/c1-3-5-9-17(4-2)16-26-28(19,20)24-14-12-23-13-15-25-29(21,22)27-18-10-7-6-8-11-18/h6-8,10-11,17H,3-5,9,12-16H2,1-2H3,(H,19,20)(H,21,22). The van der Waals surface area contributed by atoms with Crippen LogP contribution < -0.4 is 4.52 Å². The van der Waals surface area contributed by atoms with E-state index in [1.807, 2.05) is 6.92 Å². The van der Waals surface area contributed by atoms with Gasteiger partial charge in [0.2, 0.25) is 0 Å². The minimum absolute atomic E-state index is 0.000413. The van der Waals surface area contributed by atoms with Crippen LogP contribution in [-0.4, -0.2) is 42.8 Å². The number of hydrogen-bond donors (Lipinski definition) is 2. The molecule has 0 bridgehead atoms. The van der Waals surface area contributed by atoms with Crippen LogP contribution in [0.25, 0.3) is 0 Å².